The van der Waals surface area contributed by atoms with Crippen LogP contribution in [0.2, 0.25) is 0 Å². The Hall–Kier alpha value is -4.56. The van der Waals surface area contributed by atoms with Crippen LogP contribution in [0, 0.1) is 0 Å². The van der Waals surface area contributed by atoms with Gasteiger partial charge in [0.05, 0.1) is 33.3 Å². The minimum atomic E-state index is 1.25. The summed E-state index contributed by atoms with van der Waals surface area (Å²) >= 11 is 0. The van der Waals surface area contributed by atoms with Gasteiger partial charge in [-0.1, -0.05) is 91.0 Å². The zero-order valence-electron chi connectivity index (χ0n) is 18.3. The molecule has 0 amide bonds. The molecule has 0 N–H and O–H groups in total. The summed E-state index contributed by atoms with van der Waals surface area (Å²) in [7, 11) is 0. The van der Waals surface area contributed by atoms with E-state index >= 15 is 0 Å². The van der Waals surface area contributed by atoms with E-state index in [0.717, 1.165) is 0 Å². The number of hydrogen-bond donors (Lipinski definition) is 0. The number of hydrogen-bond acceptors (Lipinski definition) is 0. The molecule has 0 fully saturated rings. The minimum Gasteiger partial charge on any atom is -0.308 e. The van der Waals surface area contributed by atoms with Crippen LogP contribution >= 0.6 is 0 Å². The van der Waals surface area contributed by atoms with Gasteiger partial charge in [-0.3, -0.25) is 0 Å². The van der Waals surface area contributed by atoms with Crippen molar-refractivity contribution in [2.75, 3.05) is 0 Å². The number of para-hydroxylation sites is 3. The molecular formula is C32H18N2. The molecule has 2 heteroatoms. The van der Waals surface area contributed by atoms with E-state index in [1.165, 1.54) is 76.5 Å². The number of benzene rings is 5. The highest BCUT2D eigenvalue weighted by Gasteiger charge is 2.23. The van der Waals surface area contributed by atoms with Crippen molar-refractivity contribution >= 4 is 65.3 Å². The summed E-state index contributed by atoms with van der Waals surface area (Å²) in [6.07, 6.45) is 0. The topological polar surface area (TPSA) is 8.82 Å². The van der Waals surface area contributed by atoms with E-state index in [1.807, 2.05) is 0 Å². The van der Waals surface area contributed by atoms with Crippen LogP contribution in [-0.4, -0.2) is 8.80 Å². The van der Waals surface area contributed by atoms with Crippen LogP contribution in [0.4, 0.5) is 0 Å². The maximum atomic E-state index is 2.52. The first-order chi connectivity index (χ1) is 16.9. The van der Waals surface area contributed by atoms with Crippen LogP contribution in [0.5, 0.6) is 0 Å². The van der Waals surface area contributed by atoms with Gasteiger partial charge in [-0.05, 0) is 23.8 Å². The molecule has 0 saturated heterocycles. The van der Waals surface area contributed by atoms with Gasteiger partial charge >= 0.3 is 0 Å². The van der Waals surface area contributed by atoms with Gasteiger partial charge in [0.2, 0.25) is 0 Å². The van der Waals surface area contributed by atoms with Gasteiger partial charge in [-0.2, -0.15) is 0 Å². The first-order valence-corrected chi connectivity index (χ1v) is 11.8. The Balaban J connectivity index is 1.62. The Bertz CT molecular complexity index is 2210. The summed E-state index contributed by atoms with van der Waals surface area (Å²) in [5.74, 6) is 0. The van der Waals surface area contributed by atoms with Crippen molar-refractivity contribution in [1.29, 1.82) is 0 Å². The van der Waals surface area contributed by atoms with Crippen LogP contribution in [-0.2, 0) is 0 Å². The summed E-state index contributed by atoms with van der Waals surface area (Å²) in [4.78, 5) is 0. The average molecular weight is 431 g/mol. The molecule has 0 saturated carbocycles. The van der Waals surface area contributed by atoms with Crippen molar-refractivity contribution in [3.8, 4) is 11.3 Å². The highest BCUT2D eigenvalue weighted by Crippen LogP contribution is 2.45. The molecule has 0 aliphatic carbocycles. The fourth-order valence-electron chi connectivity index (χ4n) is 6.48. The summed E-state index contributed by atoms with van der Waals surface area (Å²) < 4.78 is 4.99. The molecule has 0 aliphatic heterocycles. The molecule has 0 aliphatic rings. The fourth-order valence-corrected chi connectivity index (χ4v) is 6.48. The van der Waals surface area contributed by atoms with Crippen LogP contribution in [0.25, 0.3) is 76.5 Å². The van der Waals surface area contributed by atoms with Crippen LogP contribution in [0.1, 0.15) is 0 Å². The zero-order valence-corrected chi connectivity index (χ0v) is 18.3. The molecule has 0 radical (unpaired) electrons. The van der Waals surface area contributed by atoms with E-state index < -0.39 is 0 Å². The van der Waals surface area contributed by atoms with Crippen LogP contribution in [0.15, 0.2) is 109 Å². The molecule has 0 atom stereocenters. The lowest BCUT2D eigenvalue weighted by atomic mass is 10.0. The SMILES string of the molecule is c1ccc(-c2cc3cccc4c5c(ccc6c7cccc8c9ccccc9n(c87)c65)n2c34)cc1. The lowest BCUT2D eigenvalue weighted by Crippen LogP contribution is -1.86. The van der Waals surface area contributed by atoms with Crippen molar-refractivity contribution in [3.05, 3.63) is 109 Å². The van der Waals surface area contributed by atoms with Gasteiger partial charge in [-0.15, -0.1) is 0 Å². The summed E-state index contributed by atoms with van der Waals surface area (Å²) in [6, 6.07) is 40.1. The monoisotopic (exact) mass is 430 g/mol. The fraction of sp³-hybridized carbons (Fsp3) is 0. The first-order valence-electron chi connectivity index (χ1n) is 11.8. The molecule has 5 aromatic carbocycles. The Morgan fingerprint density at radius 1 is 0.412 bits per heavy atom. The summed E-state index contributed by atoms with van der Waals surface area (Å²) in [5.41, 5.74) is 9.01. The molecule has 4 aromatic heterocycles. The Kier molecular flexibility index (Phi) is 2.83. The molecule has 2 nitrogen and oxygen atoms in total. The smallest absolute Gasteiger partial charge is 0.0641 e. The van der Waals surface area contributed by atoms with E-state index in [1.54, 1.807) is 0 Å². The van der Waals surface area contributed by atoms with E-state index in [0.29, 0.717) is 0 Å². The second-order valence-corrected chi connectivity index (χ2v) is 9.38. The highest BCUT2D eigenvalue weighted by molar-refractivity contribution is 6.31. The molecular weight excluding hydrogens is 412 g/mol. The normalized spacial score (nSPS) is 12.7. The van der Waals surface area contributed by atoms with Gasteiger partial charge in [0.25, 0.3) is 0 Å². The maximum Gasteiger partial charge on any atom is 0.0641 e. The van der Waals surface area contributed by atoms with Gasteiger partial charge in [-0.25, -0.2) is 0 Å². The van der Waals surface area contributed by atoms with Crippen molar-refractivity contribution in [2.24, 2.45) is 0 Å². The quantitative estimate of drug-likeness (QED) is 0.247. The van der Waals surface area contributed by atoms with E-state index in [4.69, 9.17) is 0 Å². The van der Waals surface area contributed by atoms with Crippen molar-refractivity contribution < 1.29 is 0 Å². The third-order valence-corrected chi connectivity index (χ3v) is 7.77. The third kappa shape index (κ3) is 1.79. The number of rotatable bonds is 1. The van der Waals surface area contributed by atoms with E-state index in [-0.39, 0.29) is 0 Å². The predicted octanol–water partition coefficient (Wildman–Crippen LogP) is 8.50. The van der Waals surface area contributed by atoms with Crippen LogP contribution in [0.3, 0.4) is 0 Å². The molecule has 156 valence electrons. The molecule has 0 spiro atoms. The average Bonchev–Trinajstić information content (AvgIpc) is 3.63. The molecule has 4 heterocycles. The molecule has 9 rings (SSSR count). The maximum absolute atomic E-state index is 2.52. The Morgan fingerprint density at radius 2 is 1.12 bits per heavy atom. The van der Waals surface area contributed by atoms with E-state index in [9.17, 15) is 0 Å². The standard InChI is InChI=1S/C32H18N2/c1-2-8-19(9-3-1)28-18-20-10-6-14-25-29-27(33(28)30(20)25)17-16-24-23-13-7-12-22-21-11-4-5-15-26(21)34(31(22)23)32(24)29/h1-18H. The highest BCUT2D eigenvalue weighted by atomic mass is 15.0. The van der Waals surface area contributed by atoms with Gasteiger partial charge < -0.3 is 8.80 Å². The first kappa shape index (κ1) is 17.0. The second-order valence-electron chi connectivity index (χ2n) is 9.38. The molecule has 34 heavy (non-hydrogen) atoms. The summed E-state index contributed by atoms with van der Waals surface area (Å²) in [5, 5.41) is 9.27. The van der Waals surface area contributed by atoms with Gasteiger partial charge in [0.15, 0.2) is 0 Å². The van der Waals surface area contributed by atoms with Crippen LogP contribution < -0.4 is 0 Å². The van der Waals surface area contributed by atoms with Crippen molar-refractivity contribution in [3.63, 3.8) is 0 Å². The lowest BCUT2D eigenvalue weighted by molar-refractivity contribution is 1.30. The second kappa shape index (κ2) is 5.67. The zero-order chi connectivity index (χ0) is 22.0. The summed E-state index contributed by atoms with van der Waals surface area (Å²) in [6.45, 7) is 0. The minimum absolute atomic E-state index is 1.25. The Morgan fingerprint density at radius 3 is 2.03 bits per heavy atom. The largest absolute Gasteiger partial charge is 0.308 e. The Labute approximate surface area is 194 Å². The number of aromatic nitrogens is 2. The van der Waals surface area contributed by atoms with Crippen molar-refractivity contribution in [2.45, 2.75) is 0 Å². The molecule has 0 unspecified atom stereocenters. The van der Waals surface area contributed by atoms with E-state index in [2.05, 4.69) is 118 Å². The van der Waals surface area contributed by atoms with Crippen molar-refractivity contribution in [1.82, 2.24) is 8.80 Å². The molecule has 0 bridgehead atoms. The number of nitrogens with zero attached hydrogens (tertiary/aromatic N) is 2. The third-order valence-electron chi connectivity index (χ3n) is 7.77. The predicted molar refractivity (Wildman–Crippen MR) is 144 cm³/mol. The number of fused-ring (bicyclic) bond motifs is 10. The van der Waals surface area contributed by atoms with Gasteiger partial charge in [0, 0.05) is 37.7 Å². The molecule has 9 aromatic rings. The van der Waals surface area contributed by atoms with Gasteiger partial charge in [0.1, 0.15) is 0 Å². The lowest BCUT2D eigenvalue weighted by Gasteiger charge is -2.04.